The number of hydrogen-bond acceptors (Lipinski definition) is 4. The average molecular weight is 371 g/mol. The van der Waals surface area contributed by atoms with Crippen LogP contribution >= 0.6 is 0 Å². The van der Waals surface area contributed by atoms with E-state index in [4.69, 9.17) is 0 Å². The second-order valence-electron chi connectivity index (χ2n) is 8.01. The highest BCUT2D eigenvalue weighted by atomic mass is 16.3. The molecule has 3 aliphatic heterocycles. The number of aliphatic hydroxyl groups is 1. The number of likely N-dealkylation sites (N-methyl/N-ethyl adjacent to an activating group) is 1. The van der Waals surface area contributed by atoms with Crippen molar-refractivity contribution in [2.24, 2.45) is 0 Å². The molecule has 3 aliphatic rings. The molecule has 2 saturated heterocycles. The Morgan fingerprint density at radius 3 is 2.70 bits per heavy atom. The maximum atomic E-state index is 12.9. The van der Waals surface area contributed by atoms with Gasteiger partial charge in [-0.1, -0.05) is 13.0 Å². The van der Waals surface area contributed by atoms with Crippen molar-refractivity contribution < 1.29 is 14.7 Å². The number of nitrogens with zero attached hydrogens (tertiary/aromatic N) is 3. The van der Waals surface area contributed by atoms with Crippen LogP contribution in [-0.2, 0) is 6.54 Å². The lowest BCUT2D eigenvalue weighted by Crippen LogP contribution is -2.40. The summed E-state index contributed by atoms with van der Waals surface area (Å²) in [6, 6.07) is 6.01. The van der Waals surface area contributed by atoms with Gasteiger partial charge in [0.15, 0.2) is 0 Å². The van der Waals surface area contributed by atoms with Crippen LogP contribution in [0.15, 0.2) is 18.2 Å². The van der Waals surface area contributed by atoms with E-state index in [2.05, 4.69) is 11.8 Å². The number of amides is 2. The summed E-state index contributed by atoms with van der Waals surface area (Å²) in [7, 11) is 0. The van der Waals surface area contributed by atoms with E-state index in [0.717, 1.165) is 31.6 Å². The van der Waals surface area contributed by atoms with Crippen molar-refractivity contribution in [2.75, 3.05) is 32.7 Å². The van der Waals surface area contributed by atoms with E-state index in [9.17, 15) is 14.7 Å². The molecule has 0 spiro atoms. The monoisotopic (exact) mass is 371 g/mol. The first kappa shape index (κ1) is 18.4. The number of rotatable bonds is 4. The number of aliphatic hydroxyl groups excluding tert-OH is 1. The molecule has 0 aliphatic carbocycles. The molecule has 6 heteroatoms. The SMILES string of the molecule is CCN1CCCC1CN1Cc2ccc(C(=O)N3CCC(O)CC3)cc2C1=O. The summed E-state index contributed by atoms with van der Waals surface area (Å²) in [6.07, 6.45) is 3.30. The summed E-state index contributed by atoms with van der Waals surface area (Å²) in [6.45, 7) is 6.90. The second kappa shape index (κ2) is 7.60. The first-order chi connectivity index (χ1) is 13.1. The van der Waals surface area contributed by atoms with Gasteiger partial charge in [0, 0.05) is 43.3 Å². The minimum Gasteiger partial charge on any atom is -0.393 e. The Labute approximate surface area is 160 Å². The zero-order valence-corrected chi connectivity index (χ0v) is 16.1. The predicted molar refractivity (Wildman–Crippen MR) is 103 cm³/mol. The molecule has 4 rings (SSSR count). The highest BCUT2D eigenvalue weighted by Gasteiger charge is 2.33. The fourth-order valence-corrected chi connectivity index (χ4v) is 4.67. The van der Waals surface area contributed by atoms with Crippen molar-refractivity contribution in [2.45, 2.75) is 51.3 Å². The lowest BCUT2D eigenvalue weighted by atomic mass is 10.0. The summed E-state index contributed by atoms with van der Waals surface area (Å²) in [5, 5.41) is 9.63. The van der Waals surface area contributed by atoms with Crippen LogP contribution in [-0.4, -0.2) is 76.5 Å². The highest BCUT2D eigenvalue weighted by molar-refractivity contribution is 6.02. The van der Waals surface area contributed by atoms with Gasteiger partial charge in [-0.05, 0) is 56.5 Å². The molecule has 1 N–H and O–H groups in total. The Morgan fingerprint density at radius 2 is 1.96 bits per heavy atom. The number of benzene rings is 1. The third-order valence-corrected chi connectivity index (χ3v) is 6.32. The minimum absolute atomic E-state index is 0.0381. The van der Waals surface area contributed by atoms with E-state index >= 15 is 0 Å². The van der Waals surface area contributed by atoms with Crippen LogP contribution in [0.1, 0.15) is 58.9 Å². The van der Waals surface area contributed by atoms with E-state index in [1.165, 1.54) is 6.42 Å². The van der Waals surface area contributed by atoms with E-state index < -0.39 is 0 Å². The van der Waals surface area contributed by atoms with Crippen LogP contribution < -0.4 is 0 Å². The van der Waals surface area contributed by atoms with Crippen molar-refractivity contribution in [3.63, 3.8) is 0 Å². The summed E-state index contributed by atoms with van der Waals surface area (Å²) >= 11 is 0. The molecule has 6 nitrogen and oxygen atoms in total. The summed E-state index contributed by atoms with van der Waals surface area (Å²) in [5.74, 6) is 0.0144. The largest absolute Gasteiger partial charge is 0.393 e. The van der Waals surface area contributed by atoms with Gasteiger partial charge >= 0.3 is 0 Å². The van der Waals surface area contributed by atoms with Crippen molar-refractivity contribution in [3.05, 3.63) is 34.9 Å². The molecule has 1 aromatic carbocycles. The molecule has 1 aromatic rings. The molecular formula is C21H29N3O3. The fourth-order valence-electron chi connectivity index (χ4n) is 4.67. The molecule has 1 atom stereocenters. The van der Waals surface area contributed by atoms with Crippen molar-refractivity contribution in [1.29, 1.82) is 0 Å². The summed E-state index contributed by atoms with van der Waals surface area (Å²) in [4.78, 5) is 31.9. The first-order valence-electron chi connectivity index (χ1n) is 10.2. The number of fused-ring (bicyclic) bond motifs is 1. The number of hydrogen-bond donors (Lipinski definition) is 1. The highest BCUT2D eigenvalue weighted by Crippen LogP contribution is 2.27. The van der Waals surface area contributed by atoms with Crippen LogP contribution in [0.25, 0.3) is 0 Å². The second-order valence-corrected chi connectivity index (χ2v) is 8.01. The van der Waals surface area contributed by atoms with Crippen molar-refractivity contribution in [3.8, 4) is 0 Å². The lowest BCUT2D eigenvalue weighted by Gasteiger charge is -2.29. The van der Waals surface area contributed by atoms with E-state index in [-0.39, 0.29) is 17.9 Å². The smallest absolute Gasteiger partial charge is 0.254 e. The quantitative estimate of drug-likeness (QED) is 0.875. The Hall–Kier alpha value is -1.92. The van der Waals surface area contributed by atoms with Gasteiger partial charge < -0.3 is 14.9 Å². The van der Waals surface area contributed by atoms with Gasteiger partial charge in [0.1, 0.15) is 0 Å². The van der Waals surface area contributed by atoms with Crippen molar-refractivity contribution in [1.82, 2.24) is 14.7 Å². The number of likely N-dealkylation sites (tertiary alicyclic amines) is 2. The average Bonchev–Trinajstić information content (AvgIpc) is 3.26. The zero-order valence-electron chi connectivity index (χ0n) is 16.1. The molecule has 0 saturated carbocycles. The molecule has 3 heterocycles. The van der Waals surface area contributed by atoms with Crippen molar-refractivity contribution >= 4 is 11.8 Å². The van der Waals surface area contributed by atoms with Gasteiger partial charge in [-0.25, -0.2) is 0 Å². The first-order valence-corrected chi connectivity index (χ1v) is 10.2. The topological polar surface area (TPSA) is 64.1 Å². The zero-order chi connectivity index (χ0) is 19.0. The molecule has 1 unspecified atom stereocenters. The third-order valence-electron chi connectivity index (χ3n) is 6.32. The van der Waals surface area contributed by atoms with E-state index in [1.54, 1.807) is 11.0 Å². The fraction of sp³-hybridized carbons (Fsp3) is 0.619. The van der Waals surface area contributed by atoms with E-state index in [1.807, 2.05) is 17.0 Å². The molecular weight excluding hydrogens is 342 g/mol. The van der Waals surface area contributed by atoms with Crippen LogP contribution in [0.4, 0.5) is 0 Å². The van der Waals surface area contributed by atoms with E-state index in [0.29, 0.717) is 49.6 Å². The van der Waals surface area contributed by atoms with Gasteiger partial charge in [-0.15, -0.1) is 0 Å². The predicted octanol–water partition coefficient (Wildman–Crippen LogP) is 1.72. The van der Waals surface area contributed by atoms with Crippen LogP contribution in [0, 0.1) is 0 Å². The van der Waals surface area contributed by atoms with Gasteiger partial charge in [0.05, 0.1) is 6.10 Å². The standard InChI is InChI=1S/C21H29N3O3/c1-2-22-9-3-4-17(22)14-24-13-16-6-5-15(12-19(16)21(24)27)20(26)23-10-7-18(25)8-11-23/h5-6,12,17-18,25H,2-4,7-11,13-14H2,1H3. The normalized spacial score (nSPS) is 23.9. The summed E-state index contributed by atoms with van der Waals surface area (Å²) in [5.41, 5.74) is 2.28. The Bertz CT molecular complexity index is 727. The van der Waals surface area contributed by atoms with Gasteiger partial charge in [0.2, 0.25) is 0 Å². The molecule has 0 radical (unpaired) electrons. The summed E-state index contributed by atoms with van der Waals surface area (Å²) < 4.78 is 0. The molecule has 27 heavy (non-hydrogen) atoms. The molecule has 0 bridgehead atoms. The Kier molecular flexibility index (Phi) is 5.19. The maximum absolute atomic E-state index is 12.9. The third kappa shape index (κ3) is 3.60. The minimum atomic E-state index is -0.303. The van der Waals surface area contributed by atoms with Gasteiger partial charge in [-0.2, -0.15) is 0 Å². The van der Waals surface area contributed by atoms with Crippen LogP contribution in [0.2, 0.25) is 0 Å². The maximum Gasteiger partial charge on any atom is 0.254 e. The Balaban J connectivity index is 1.45. The molecule has 2 amide bonds. The van der Waals surface area contributed by atoms with Crippen LogP contribution in [0.3, 0.4) is 0 Å². The van der Waals surface area contributed by atoms with Crippen LogP contribution in [0.5, 0.6) is 0 Å². The molecule has 146 valence electrons. The molecule has 2 fully saturated rings. The number of carbonyl (C=O) groups excluding carboxylic acids is 2. The van der Waals surface area contributed by atoms with Gasteiger partial charge in [0.25, 0.3) is 11.8 Å². The van der Waals surface area contributed by atoms with Gasteiger partial charge in [-0.3, -0.25) is 14.5 Å². The number of piperidine rings is 1. The Morgan fingerprint density at radius 1 is 1.19 bits per heavy atom. The number of carbonyl (C=O) groups is 2. The molecule has 0 aromatic heterocycles. The lowest BCUT2D eigenvalue weighted by molar-refractivity contribution is 0.0546.